The van der Waals surface area contributed by atoms with Gasteiger partial charge in [-0.2, -0.15) is 0 Å². The molecule has 1 N–H and O–H groups in total. The molecule has 112 valence electrons. The summed E-state index contributed by atoms with van der Waals surface area (Å²) in [6.07, 6.45) is 7.07. The molecule has 20 heavy (non-hydrogen) atoms. The molecule has 2 heterocycles. The fourth-order valence-electron chi connectivity index (χ4n) is 3.65. The van der Waals surface area contributed by atoms with Crippen molar-refractivity contribution in [3.8, 4) is 0 Å². The van der Waals surface area contributed by atoms with Crippen molar-refractivity contribution in [3.05, 3.63) is 30.1 Å². The van der Waals surface area contributed by atoms with Gasteiger partial charge >= 0.3 is 0 Å². The van der Waals surface area contributed by atoms with Crippen LogP contribution in [0.2, 0.25) is 0 Å². The van der Waals surface area contributed by atoms with Gasteiger partial charge in [0, 0.05) is 24.4 Å². The Labute approximate surface area is 123 Å². The molecule has 1 aliphatic rings. The highest BCUT2D eigenvalue weighted by atomic mass is 16.5. The van der Waals surface area contributed by atoms with Crippen LogP contribution in [-0.4, -0.2) is 29.3 Å². The highest BCUT2D eigenvalue weighted by molar-refractivity contribution is 5.10. The zero-order valence-corrected chi connectivity index (χ0v) is 13.4. The normalized spacial score (nSPS) is 25.6. The molecule has 1 fully saturated rings. The van der Waals surface area contributed by atoms with E-state index in [1.54, 1.807) is 0 Å². The molecule has 2 atom stereocenters. The smallest absolute Gasteiger partial charge is 0.0677 e. The van der Waals surface area contributed by atoms with Gasteiger partial charge in [-0.25, -0.2) is 0 Å². The van der Waals surface area contributed by atoms with Crippen molar-refractivity contribution in [2.24, 2.45) is 5.92 Å². The van der Waals surface area contributed by atoms with Crippen molar-refractivity contribution in [1.29, 1.82) is 0 Å². The Bertz CT molecular complexity index is 428. The van der Waals surface area contributed by atoms with Gasteiger partial charge in [0.25, 0.3) is 0 Å². The molecular weight excluding hydrogens is 248 g/mol. The van der Waals surface area contributed by atoms with Crippen LogP contribution in [0.5, 0.6) is 0 Å². The molecule has 1 aliphatic heterocycles. The van der Waals surface area contributed by atoms with Crippen LogP contribution >= 0.6 is 0 Å². The lowest BCUT2D eigenvalue weighted by Crippen LogP contribution is -2.43. The lowest BCUT2D eigenvalue weighted by atomic mass is 9.79. The SMILES string of the molecule is CNC(CCc1ccncc1)C1CC(C)(C)OC1(C)C. The molecule has 0 bridgehead atoms. The van der Waals surface area contributed by atoms with E-state index in [1.807, 2.05) is 12.4 Å². The van der Waals surface area contributed by atoms with Crippen LogP contribution in [0.25, 0.3) is 0 Å². The van der Waals surface area contributed by atoms with Crippen molar-refractivity contribution in [2.45, 2.75) is 64.2 Å². The predicted molar refractivity (Wildman–Crippen MR) is 82.8 cm³/mol. The molecule has 1 aromatic rings. The van der Waals surface area contributed by atoms with Gasteiger partial charge < -0.3 is 10.1 Å². The number of nitrogens with zero attached hydrogens (tertiary/aromatic N) is 1. The first-order valence-corrected chi connectivity index (χ1v) is 7.60. The van der Waals surface area contributed by atoms with E-state index in [4.69, 9.17) is 4.74 Å². The van der Waals surface area contributed by atoms with Crippen LogP contribution in [0.15, 0.2) is 24.5 Å². The fraction of sp³-hybridized carbons (Fsp3) is 0.706. The van der Waals surface area contributed by atoms with Gasteiger partial charge in [0.05, 0.1) is 11.2 Å². The monoisotopic (exact) mass is 276 g/mol. The van der Waals surface area contributed by atoms with Crippen LogP contribution in [-0.2, 0) is 11.2 Å². The Balaban J connectivity index is 2.01. The molecule has 1 saturated heterocycles. The Morgan fingerprint density at radius 1 is 1.30 bits per heavy atom. The summed E-state index contributed by atoms with van der Waals surface area (Å²) in [7, 11) is 2.07. The summed E-state index contributed by atoms with van der Waals surface area (Å²) < 4.78 is 6.23. The number of hydrogen-bond donors (Lipinski definition) is 1. The zero-order valence-electron chi connectivity index (χ0n) is 13.4. The molecule has 0 amide bonds. The van der Waals surface area contributed by atoms with E-state index >= 15 is 0 Å². The largest absolute Gasteiger partial charge is 0.369 e. The van der Waals surface area contributed by atoms with Crippen LogP contribution in [0.1, 0.15) is 46.1 Å². The second-order valence-corrected chi connectivity index (χ2v) is 7.07. The Morgan fingerprint density at radius 3 is 2.45 bits per heavy atom. The van der Waals surface area contributed by atoms with Crippen LogP contribution in [0.4, 0.5) is 0 Å². The van der Waals surface area contributed by atoms with Crippen molar-refractivity contribution in [3.63, 3.8) is 0 Å². The Morgan fingerprint density at radius 2 is 1.95 bits per heavy atom. The van der Waals surface area contributed by atoms with E-state index in [0.29, 0.717) is 12.0 Å². The van der Waals surface area contributed by atoms with Crippen molar-refractivity contribution in [2.75, 3.05) is 7.05 Å². The number of pyridine rings is 1. The summed E-state index contributed by atoms with van der Waals surface area (Å²) in [5, 5.41) is 3.51. The number of hydrogen-bond acceptors (Lipinski definition) is 3. The molecule has 3 heteroatoms. The van der Waals surface area contributed by atoms with Crippen LogP contribution < -0.4 is 5.32 Å². The minimum atomic E-state index is -0.0601. The van der Waals surface area contributed by atoms with E-state index < -0.39 is 0 Å². The number of ether oxygens (including phenoxy) is 1. The molecule has 2 rings (SSSR count). The van der Waals surface area contributed by atoms with Gasteiger partial charge in [-0.3, -0.25) is 4.98 Å². The molecular formula is C17H28N2O. The predicted octanol–water partition coefficient (Wildman–Crippen LogP) is 3.20. The summed E-state index contributed by atoms with van der Waals surface area (Å²) >= 11 is 0. The van der Waals surface area contributed by atoms with Gasteiger partial charge in [0.15, 0.2) is 0 Å². The third kappa shape index (κ3) is 3.58. The molecule has 1 aromatic heterocycles. The van der Waals surface area contributed by atoms with E-state index in [-0.39, 0.29) is 11.2 Å². The van der Waals surface area contributed by atoms with Crippen LogP contribution in [0, 0.1) is 5.92 Å². The van der Waals surface area contributed by atoms with Crippen LogP contribution in [0.3, 0.4) is 0 Å². The quantitative estimate of drug-likeness (QED) is 0.897. The summed E-state index contributed by atoms with van der Waals surface area (Å²) in [6, 6.07) is 4.69. The molecule has 2 unspecified atom stereocenters. The first kappa shape index (κ1) is 15.5. The Hall–Kier alpha value is -0.930. The van der Waals surface area contributed by atoms with E-state index in [0.717, 1.165) is 19.3 Å². The average molecular weight is 276 g/mol. The Kier molecular flexibility index (Phi) is 4.50. The van der Waals surface area contributed by atoms with Gasteiger partial charge in [0.2, 0.25) is 0 Å². The maximum atomic E-state index is 6.23. The zero-order chi connectivity index (χ0) is 14.8. The lowest BCUT2D eigenvalue weighted by molar-refractivity contribution is -0.0776. The number of aromatic nitrogens is 1. The second-order valence-electron chi connectivity index (χ2n) is 7.07. The van der Waals surface area contributed by atoms with Gasteiger partial charge in [-0.15, -0.1) is 0 Å². The standard InChI is InChI=1S/C17H28N2O/c1-16(2)12-14(17(3,4)20-16)15(18-5)7-6-13-8-10-19-11-9-13/h8-11,14-15,18H,6-7,12H2,1-5H3. The van der Waals surface area contributed by atoms with E-state index in [1.165, 1.54) is 5.56 Å². The maximum Gasteiger partial charge on any atom is 0.0677 e. The van der Waals surface area contributed by atoms with Crippen molar-refractivity contribution < 1.29 is 4.74 Å². The molecule has 0 radical (unpaired) electrons. The summed E-state index contributed by atoms with van der Waals surface area (Å²) in [5.41, 5.74) is 1.28. The topological polar surface area (TPSA) is 34.2 Å². The van der Waals surface area contributed by atoms with E-state index in [9.17, 15) is 0 Å². The molecule has 0 aromatic carbocycles. The number of rotatable bonds is 5. The summed E-state index contributed by atoms with van der Waals surface area (Å²) in [6.45, 7) is 8.85. The number of nitrogens with one attached hydrogen (secondary N) is 1. The highest BCUT2D eigenvalue weighted by Gasteiger charge is 2.48. The second kappa shape index (κ2) is 5.82. The van der Waals surface area contributed by atoms with Crippen molar-refractivity contribution in [1.82, 2.24) is 10.3 Å². The minimum absolute atomic E-state index is 0.0140. The third-order valence-electron chi connectivity index (χ3n) is 4.49. The fourth-order valence-corrected chi connectivity index (χ4v) is 3.65. The summed E-state index contributed by atoms with van der Waals surface area (Å²) in [5.74, 6) is 0.546. The third-order valence-corrected chi connectivity index (χ3v) is 4.49. The maximum absolute atomic E-state index is 6.23. The average Bonchev–Trinajstić information content (AvgIpc) is 2.60. The lowest BCUT2D eigenvalue weighted by Gasteiger charge is -2.33. The summed E-state index contributed by atoms with van der Waals surface area (Å²) in [4.78, 5) is 4.08. The highest BCUT2D eigenvalue weighted by Crippen LogP contribution is 2.44. The minimum Gasteiger partial charge on any atom is -0.369 e. The van der Waals surface area contributed by atoms with Crippen molar-refractivity contribution >= 4 is 0 Å². The molecule has 0 spiro atoms. The molecule has 3 nitrogen and oxygen atoms in total. The first-order chi connectivity index (χ1) is 9.34. The van der Waals surface area contributed by atoms with Gasteiger partial charge in [0.1, 0.15) is 0 Å². The molecule has 0 saturated carbocycles. The van der Waals surface area contributed by atoms with Gasteiger partial charge in [-0.1, -0.05) is 0 Å². The molecule has 0 aliphatic carbocycles. The first-order valence-electron chi connectivity index (χ1n) is 7.60. The van der Waals surface area contributed by atoms with E-state index in [2.05, 4.69) is 57.2 Å². The number of aryl methyl sites for hydroxylation is 1. The van der Waals surface area contributed by atoms with Gasteiger partial charge in [-0.05, 0) is 71.7 Å².